The number of nitrogens with one attached hydrogen (secondary N) is 1. The third-order valence-electron chi connectivity index (χ3n) is 5.63. The normalized spacial score (nSPS) is 19.1. The molecular weight excluding hydrogens is 340 g/mol. The van der Waals surface area contributed by atoms with E-state index in [0.717, 1.165) is 25.6 Å². The van der Waals surface area contributed by atoms with Gasteiger partial charge in [0.15, 0.2) is 11.7 Å². The lowest BCUT2D eigenvalue weighted by Gasteiger charge is -2.36. The summed E-state index contributed by atoms with van der Waals surface area (Å²) in [5, 5.41) is 3.57. The van der Waals surface area contributed by atoms with Crippen molar-refractivity contribution < 1.29 is 9.21 Å². The van der Waals surface area contributed by atoms with Crippen LogP contribution in [0, 0.1) is 0 Å². The van der Waals surface area contributed by atoms with Crippen LogP contribution in [-0.2, 0) is 5.41 Å². The Kier molecular flexibility index (Phi) is 4.88. The monoisotopic (exact) mass is 366 g/mol. The van der Waals surface area contributed by atoms with Gasteiger partial charge in [-0.3, -0.25) is 9.79 Å². The Hall–Kier alpha value is -2.76. The van der Waals surface area contributed by atoms with Gasteiger partial charge in [-0.25, -0.2) is 0 Å². The number of hydrogen-bond donors (Lipinski definition) is 1. The van der Waals surface area contributed by atoms with Gasteiger partial charge in [0.2, 0.25) is 0 Å². The maximum atomic E-state index is 12.4. The van der Waals surface area contributed by atoms with Crippen molar-refractivity contribution in [1.82, 2.24) is 15.1 Å². The van der Waals surface area contributed by atoms with Crippen molar-refractivity contribution in [2.75, 3.05) is 39.8 Å². The van der Waals surface area contributed by atoms with E-state index >= 15 is 0 Å². The number of carbonyl (C=O) groups is 1. The number of furan rings is 1. The lowest BCUT2D eigenvalue weighted by molar-refractivity contribution is 0.0657. The summed E-state index contributed by atoms with van der Waals surface area (Å²) in [6, 6.07) is 14.2. The van der Waals surface area contributed by atoms with Crippen LogP contribution in [-0.4, -0.2) is 61.4 Å². The predicted octanol–water partition coefficient (Wildman–Crippen LogP) is 2.34. The molecule has 0 spiro atoms. The molecular formula is C21H26N4O2. The van der Waals surface area contributed by atoms with Crippen LogP contribution in [0.15, 0.2) is 58.1 Å². The highest BCUT2D eigenvalue weighted by molar-refractivity contribution is 5.91. The molecule has 1 aromatic carbocycles. The zero-order chi connectivity index (χ0) is 18.7. The lowest BCUT2D eigenvalue weighted by atomic mass is 9.96. The fourth-order valence-electron chi connectivity index (χ4n) is 3.77. The molecule has 1 aliphatic heterocycles. The minimum absolute atomic E-state index is 0.0383. The number of amides is 1. The molecule has 0 radical (unpaired) electrons. The Morgan fingerprint density at radius 1 is 1.07 bits per heavy atom. The number of hydrogen-bond acceptors (Lipinski definition) is 3. The molecule has 2 aliphatic rings. The molecule has 1 aromatic heterocycles. The van der Waals surface area contributed by atoms with Crippen molar-refractivity contribution in [3.05, 3.63) is 60.1 Å². The molecule has 27 heavy (non-hydrogen) atoms. The van der Waals surface area contributed by atoms with Crippen LogP contribution in [0.1, 0.15) is 29.0 Å². The molecule has 2 aromatic rings. The van der Waals surface area contributed by atoms with E-state index in [2.05, 4.69) is 45.5 Å². The number of rotatable bonds is 4. The van der Waals surface area contributed by atoms with E-state index in [-0.39, 0.29) is 11.3 Å². The Morgan fingerprint density at radius 3 is 2.37 bits per heavy atom. The molecule has 1 saturated carbocycles. The highest BCUT2D eigenvalue weighted by atomic mass is 16.3. The lowest BCUT2D eigenvalue weighted by Crippen LogP contribution is -2.54. The molecule has 1 N–H and O–H groups in total. The Bertz CT molecular complexity index is 789. The molecule has 0 atom stereocenters. The molecule has 1 aliphatic carbocycles. The summed E-state index contributed by atoms with van der Waals surface area (Å²) in [7, 11) is 1.82. The van der Waals surface area contributed by atoms with Gasteiger partial charge in [-0.2, -0.15) is 0 Å². The van der Waals surface area contributed by atoms with Gasteiger partial charge in [0, 0.05) is 45.2 Å². The average molecular weight is 366 g/mol. The fraction of sp³-hybridized carbons (Fsp3) is 0.429. The minimum atomic E-state index is -0.0383. The Morgan fingerprint density at radius 2 is 1.78 bits per heavy atom. The van der Waals surface area contributed by atoms with Crippen molar-refractivity contribution in [2.45, 2.75) is 18.3 Å². The first-order chi connectivity index (χ1) is 13.2. The smallest absolute Gasteiger partial charge is 0.289 e. The fourth-order valence-corrected chi connectivity index (χ4v) is 3.77. The Balaban J connectivity index is 1.32. The maximum absolute atomic E-state index is 12.4. The second-order valence-electron chi connectivity index (χ2n) is 7.30. The zero-order valence-electron chi connectivity index (χ0n) is 15.7. The number of aliphatic imine (C=N–C) groups is 1. The van der Waals surface area contributed by atoms with Gasteiger partial charge in [-0.1, -0.05) is 30.3 Å². The number of benzene rings is 1. The van der Waals surface area contributed by atoms with Gasteiger partial charge in [-0.15, -0.1) is 0 Å². The van der Waals surface area contributed by atoms with Crippen molar-refractivity contribution >= 4 is 11.9 Å². The molecule has 0 unspecified atom stereocenters. The van der Waals surface area contributed by atoms with E-state index in [1.54, 1.807) is 12.1 Å². The quantitative estimate of drug-likeness (QED) is 0.667. The van der Waals surface area contributed by atoms with Crippen LogP contribution < -0.4 is 5.32 Å². The number of nitrogens with zero attached hydrogens (tertiary/aromatic N) is 3. The van der Waals surface area contributed by atoms with Crippen LogP contribution in [0.5, 0.6) is 0 Å². The first kappa shape index (κ1) is 17.6. The first-order valence-corrected chi connectivity index (χ1v) is 9.56. The molecule has 0 bridgehead atoms. The summed E-state index contributed by atoms with van der Waals surface area (Å²) in [5.41, 5.74) is 1.65. The van der Waals surface area contributed by atoms with Gasteiger partial charge >= 0.3 is 0 Å². The first-order valence-electron chi connectivity index (χ1n) is 9.56. The van der Waals surface area contributed by atoms with E-state index < -0.39 is 0 Å². The molecule has 6 nitrogen and oxygen atoms in total. The summed E-state index contributed by atoms with van der Waals surface area (Å²) in [5.74, 6) is 1.29. The van der Waals surface area contributed by atoms with Crippen LogP contribution in [0.2, 0.25) is 0 Å². The van der Waals surface area contributed by atoms with Gasteiger partial charge in [-0.05, 0) is 30.5 Å². The van der Waals surface area contributed by atoms with Gasteiger partial charge in [0.1, 0.15) is 0 Å². The van der Waals surface area contributed by atoms with Gasteiger partial charge in [0.25, 0.3) is 5.91 Å². The van der Waals surface area contributed by atoms with Crippen molar-refractivity contribution in [3.63, 3.8) is 0 Å². The maximum Gasteiger partial charge on any atom is 0.289 e. The summed E-state index contributed by atoms with van der Waals surface area (Å²) in [6.45, 7) is 3.78. The molecule has 6 heteroatoms. The van der Waals surface area contributed by atoms with Crippen molar-refractivity contribution in [3.8, 4) is 0 Å². The molecule has 1 saturated heterocycles. The molecule has 142 valence electrons. The summed E-state index contributed by atoms with van der Waals surface area (Å²) < 4.78 is 5.23. The number of guanidine groups is 1. The Labute approximate surface area is 159 Å². The third kappa shape index (κ3) is 3.70. The molecule has 2 heterocycles. The minimum Gasteiger partial charge on any atom is -0.459 e. The summed E-state index contributed by atoms with van der Waals surface area (Å²) in [4.78, 5) is 20.9. The standard InChI is InChI=1S/C21H26N4O2/c1-22-20(23-16-21(9-10-21)17-6-3-2-4-7-17)25-13-11-24(12-14-25)19(26)18-8-5-15-27-18/h2-8,15H,9-14,16H2,1H3,(H,22,23). The second-order valence-corrected chi connectivity index (χ2v) is 7.30. The predicted molar refractivity (Wildman–Crippen MR) is 105 cm³/mol. The average Bonchev–Trinajstić information content (AvgIpc) is 3.32. The zero-order valence-corrected chi connectivity index (χ0v) is 15.7. The molecule has 2 fully saturated rings. The van der Waals surface area contributed by atoms with Crippen LogP contribution in [0.3, 0.4) is 0 Å². The van der Waals surface area contributed by atoms with E-state index in [9.17, 15) is 4.79 Å². The topological polar surface area (TPSA) is 61.1 Å². The van der Waals surface area contributed by atoms with Gasteiger partial charge in [0.05, 0.1) is 6.26 Å². The number of piperazine rings is 1. The van der Waals surface area contributed by atoms with Crippen LogP contribution in [0.4, 0.5) is 0 Å². The summed E-state index contributed by atoms with van der Waals surface area (Å²) >= 11 is 0. The van der Waals surface area contributed by atoms with E-state index in [1.165, 1.54) is 24.7 Å². The SMILES string of the molecule is CN=C(NCC1(c2ccccc2)CC1)N1CCN(C(=O)c2ccco2)CC1. The summed E-state index contributed by atoms with van der Waals surface area (Å²) in [6.07, 6.45) is 3.97. The highest BCUT2D eigenvalue weighted by Crippen LogP contribution is 2.47. The van der Waals surface area contributed by atoms with Gasteiger partial charge < -0.3 is 19.5 Å². The van der Waals surface area contributed by atoms with E-state index in [1.807, 2.05) is 11.9 Å². The largest absolute Gasteiger partial charge is 0.459 e. The van der Waals surface area contributed by atoms with Crippen LogP contribution in [0.25, 0.3) is 0 Å². The third-order valence-corrected chi connectivity index (χ3v) is 5.63. The molecule has 4 rings (SSSR count). The van der Waals surface area contributed by atoms with E-state index in [4.69, 9.17) is 4.42 Å². The number of carbonyl (C=O) groups excluding carboxylic acids is 1. The second kappa shape index (κ2) is 7.47. The van der Waals surface area contributed by atoms with E-state index in [0.29, 0.717) is 18.8 Å². The van der Waals surface area contributed by atoms with Crippen molar-refractivity contribution in [1.29, 1.82) is 0 Å². The van der Waals surface area contributed by atoms with Crippen LogP contribution >= 0.6 is 0 Å². The van der Waals surface area contributed by atoms with Crippen molar-refractivity contribution in [2.24, 2.45) is 4.99 Å². The highest BCUT2D eigenvalue weighted by Gasteiger charge is 2.44. The molecule has 1 amide bonds.